The van der Waals surface area contributed by atoms with Crippen LogP contribution in [-0.4, -0.2) is 30.3 Å². The van der Waals surface area contributed by atoms with Crippen LogP contribution in [0.15, 0.2) is 35.2 Å². The van der Waals surface area contributed by atoms with Crippen LogP contribution in [0.4, 0.5) is 0 Å². The number of halogens is 1. The van der Waals surface area contributed by atoms with Crippen LogP contribution in [-0.2, 0) is 4.79 Å². The molecule has 0 aromatic heterocycles. The maximum absolute atomic E-state index is 12.2. The molecule has 1 aromatic carbocycles. The monoisotopic (exact) mass is 368 g/mol. The van der Waals surface area contributed by atoms with Crippen LogP contribution < -0.4 is 10.6 Å². The minimum atomic E-state index is 0. The molecule has 3 nitrogen and oxygen atoms in total. The van der Waals surface area contributed by atoms with Crippen LogP contribution in [0.2, 0.25) is 0 Å². The van der Waals surface area contributed by atoms with E-state index >= 15 is 0 Å². The van der Waals surface area contributed by atoms with Crippen molar-refractivity contribution in [1.82, 2.24) is 10.6 Å². The lowest BCUT2D eigenvalue weighted by molar-refractivity contribution is -0.121. The van der Waals surface area contributed by atoms with Gasteiger partial charge in [-0.25, -0.2) is 0 Å². The quantitative estimate of drug-likeness (QED) is 0.763. The summed E-state index contributed by atoms with van der Waals surface area (Å²) in [4.78, 5) is 13.5. The average molecular weight is 369 g/mol. The van der Waals surface area contributed by atoms with Gasteiger partial charge < -0.3 is 10.6 Å². The SMILES string of the molecule is Cl.O=C(CCC1CCNC1)NCC1(Sc2ccccc2)CCCC1. The number of rotatable bonds is 7. The Balaban J connectivity index is 0.00000208. The fourth-order valence-corrected chi connectivity index (χ4v) is 5.15. The molecule has 0 radical (unpaired) electrons. The highest BCUT2D eigenvalue weighted by Crippen LogP contribution is 2.44. The predicted molar refractivity (Wildman–Crippen MR) is 104 cm³/mol. The molecule has 5 heteroatoms. The lowest BCUT2D eigenvalue weighted by Crippen LogP contribution is -2.38. The van der Waals surface area contributed by atoms with Crippen molar-refractivity contribution in [3.8, 4) is 0 Å². The third-order valence-electron chi connectivity index (χ3n) is 5.14. The number of carbonyl (C=O) groups excluding carboxylic acids is 1. The smallest absolute Gasteiger partial charge is 0.220 e. The second-order valence-corrected chi connectivity index (χ2v) is 8.52. The van der Waals surface area contributed by atoms with E-state index in [0.717, 1.165) is 26.1 Å². The van der Waals surface area contributed by atoms with Crippen molar-refractivity contribution < 1.29 is 4.79 Å². The molecule has 0 bridgehead atoms. The van der Waals surface area contributed by atoms with Crippen molar-refractivity contribution in [1.29, 1.82) is 0 Å². The average Bonchev–Trinajstić information content (AvgIpc) is 3.24. The first-order valence-electron chi connectivity index (χ1n) is 8.97. The zero-order valence-electron chi connectivity index (χ0n) is 14.3. The van der Waals surface area contributed by atoms with Crippen molar-refractivity contribution in [2.45, 2.75) is 54.6 Å². The van der Waals surface area contributed by atoms with Crippen molar-refractivity contribution in [2.75, 3.05) is 19.6 Å². The van der Waals surface area contributed by atoms with Crippen LogP contribution in [0.5, 0.6) is 0 Å². The van der Waals surface area contributed by atoms with E-state index in [2.05, 4.69) is 41.0 Å². The zero-order valence-corrected chi connectivity index (χ0v) is 15.9. The van der Waals surface area contributed by atoms with Gasteiger partial charge in [0.25, 0.3) is 0 Å². The summed E-state index contributed by atoms with van der Waals surface area (Å²) in [5.41, 5.74) is 0. The van der Waals surface area contributed by atoms with E-state index in [1.807, 2.05) is 11.8 Å². The number of hydrogen-bond donors (Lipinski definition) is 2. The largest absolute Gasteiger partial charge is 0.355 e. The van der Waals surface area contributed by atoms with Gasteiger partial charge in [0.15, 0.2) is 0 Å². The second-order valence-electron chi connectivity index (χ2n) is 6.98. The van der Waals surface area contributed by atoms with Crippen molar-refractivity contribution in [3.63, 3.8) is 0 Å². The molecular weight excluding hydrogens is 340 g/mol. The Kier molecular flexibility index (Phi) is 7.92. The van der Waals surface area contributed by atoms with Gasteiger partial charge in [-0.2, -0.15) is 0 Å². The molecule has 2 aliphatic rings. The van der Waals surface area contributed by atoms with E-state index in [9.17, 15) is 4.79 Å². The van der Waals surface area contributed by atoms with Crippen molar-refractivity contribution in [2.24, 2.45) is 5.92 Å². The molecule has 1 aliphatic heterocycles. The Morgan fingerprint density at radius 3 is 2.67 bits per heavy atom. The zero-order chi connectivity index (χ0) is 16.0. The van der Waals surface area contributed by atoms with Crippen LogP contribution in [0.25, 0.3) is 0 Å². The Morgan fingerprint density at radius 1 is 1.25 bits per heavy atom. The third-order valence-corrected chi connectivity index (χ3v) is 6.64. The van der Waals surface area contributed by atoms with E-state index < -0.39 is 0 Å². The molecule has 1 aromatic rings. The van der Waals surface area contributed by atoms with Crippen LogP contribution >= 0.6 is 24.2 Å². The van der Waals surface area contributed by atoms with Crippen LogP contribution in [0.3, 0.4) is 0 Å². The Labute approximate surface area is 156 Å². The highest BCUT2D eigenvalue weighted by atomic mass is 35.5. The highest BCUT2D eigenvalue weighted by Gasteiger charge is 2.35. The summed E-state index contributed by atoms with van der Waals surface area (Å²) in [6.07, 6.45) is 7.91. The van der Waals surface area contributed by atoms with Gasteiger partial charge in [-0.05, 0) is 56.8 Å². The number of benzene rings is 1. The van der Waals surface area contributed by atoms with E-state index in [0.29, 0.717) is 12.3 Å². The molecule has 1 atom stereocenters. The van der Waals surface area contributed by atoms with Gasteiger partial charge in [-0.3, -0.25) is 4.79 Å². The molecule has 1 saturated heterocycles. The number of carbonyl (C=O) groups is 1. The predicted octanol–water partition coefficient (Wildman–Crippen LogP) is 4.02. The molecule has 134 valence electrons. The number of thioether (sulfide) groups is 1. The second kappa shape index (κ2) is 9.69. The van der Waals surface area contributed by atoms with E-state index in [-0.39, 0.29) is 23.1 Å². The maximum atomic E-state index is 12.2. The first-order valence-corrected chi connectivity index (χ1v) is 9.79. The van der Waals surface area contributed by atoms with Gasteiger partial charge in [0.1, 0.15) is 0 Å². The van der Waals surface area contributed by atoms with Gasteiger partial charge in [-0.15, -0.1) is 24.2 Å². The standard InChI is InChI=1S/C19H28N2OS.ClH/c22-18(9-8-16-10-13-20-14-16)21-15-19(11-4-5-12-19)23-17-6-2-1-3-7-17;/h1-3,6-7,16,20H,4-5,8-15H2,(H,21,22);1H. The number of nitrogens with one attached hydrogen (secondary N) is 2. The molecular formula is C19H29ClN2OS. The summed E-state index contributed by atoms with van der Waals surface area (Å²) in [5, 5.41) is 6.60. The normalized spacial score (nSPS) is 22.1. The molecule has 1 amide bonds. The number of hydrogen-bond acceptors (Lipinski definition) is 3. The first-order chi connectivity index (χ1) is 11.3. The first kappa shape index (κ1) is 19.6. The van der Waals surface area contributed by atoms with Gasteiger partial charge in [0, 0.05) is 22.6 Å². The van der Waals surface area contributed by atoms with Crippen LogP contribution in [0.1, 0.15) is 44.9 Å². The van der Waals surface area contributed by atoms with E-state index in [1.165, 1.54) is 37.0 Å². The number of amides is 1. The van der Waals surface area contributed by atoms with Crippen molar-refractivity contribution >= 4 is 30.1 Å². The Bertz CT molecular complexity index is 499. The Hall–Kier alpha value is -0.710. The highest BCUT2D eigenvalue weighted by molar-refractivity contribution is 8.00. The lowest BCUT2D eigenvalue weighted by Gasteiger charge is -2.29. The van der Waals surface area contributed by atoms with E-state index in [4.69, 9.17) is 0 Å². The summed E-state index contributed by atoms with van der Waals surface area (Å²) in [6.45, 7) is 3.01. The molecule has 0 spiro atoms. The third kappa shape index (κ3) is 5.68. The van der Waals surface area contributed by atoms with Gasteiger partial charge in [0.2, 0.25) is 5.91 Å². The molecule has 2 N–H and O–H groups in total. The summed E-state index contributed by atoms with van der Waals surface area (Å²) < 4.78 is 0.200. The minimum Gasteiger partial charge on any atom is -0.355 e. The van der Waals surface area contributed by atoms with Crippen molar-refractivity contribution in [3.05, 3.63) is 30.3 Å². The lowest BCUT2D eigenvalue weighted by atomic mass is 10.0. The van der Waals surface area contributed by atoms with Crippen LogP contribution in [0, 0.1) is 5.92 Å². The Morgan fingerprint density at radius 2 is 2.00 bits per heavy atom. The maximum Gasteiger partial charge on any atom is 0.220 e. The molecule has 2 fully saturated rings. The molecule has 1 saturated carbocycles. The molecule has 3 rings (SSSR count). The fourth-order valence-electron chi connectivity index (χ4n) is 3.72. The summed E-state index contributed by atoms with van der Waals surface area (Å²) in [7, 11) is 0. The minimum absolute atomic E-state index is 0. The van der Waals surface area contributed by atoms with Gasteiger partial charge >= 0.3 is 0 Å². The van der Waals surface area contributed by atoms with E-state index in [1.54, 1.807) is 0 Å². The van der Waals surface area contributed by atoms with Gasteiger partial charge in [-0.1, -0.05) is 31.0 Å². The topological polar surface area (TPSA) is 41.1 Å². The summed E-state index contributed by atoms with van der Waals surface area (Å²) in [5.74, 6) is 0.928. The molecule has 1 unspecified atom stereocenters. The summed E-state index contributed by atoms with van der Waals surface area (Å²) in [6, 6.07) is 10.6. The van der Waals surface area contributed by atoms with Gasteiger partial charge in [0.05, 0.1) is 0 Å². The summed E-state index contributed by atoms with van der Waals surface area (Å²) >= 11 is 1.96. The molecule has 1 heterocycles. The molecule has 1 aliphatic carbocycles. The fraction of sp³-hybridized carbons (Fsp3) is 0.632. The molecule has 24 heavy (non-hydrogen) atoms.